The molecule has 0 spiro atoms. The number of piperazine rings is 1. The van der Waals surface area contributed by atoms with E-state index in [1.54, 1.807) is 25.6 Å². The Kier molecular flexibility index (Phi) is 4.31. The zero-order valence-corrected chi connectivity index (χ0v) is 12.2. The highest BCUT2D eigenvalue weighted by atomic mass is 16.5. The number of ether oxygens (including phenoxy) is 1. The summed E-state index contributed by atoms with van der Waals surface area (Å²) in [6, 6.07) is 1.70. The fraction of sp³-hybridized carbons (Fsp3) is 0.643. The molecule has 3 heterocycles. The van der Waals surface area contributed by atoms with Crippen molar-refractivity contribution in [3.8, 4) is 0 Å². The second kappa shape index (κ2) is 6.36. The SMILES string of the molecule is CO[C@@H]1CN[C@H](C(=O)N2CCN(c3ncccn3)CC2)C1. The van der Waals surface area contributed by atoms with E-state index in [0.29, 0.717) is 13.1 Å². The normalized spacial score (nSPS) is 26.1. The van der Waals surface area contributed by atoms with Gasteiger partial charge in [-0.2, -0.15) is 0 Å². The highest BCUT2D eigenvalue weighted by Crippen LogP contribution is 2.15. The highest BCUT2D eigenvalue weighted by Gasteiger charge is 2.33. The highest BCUT2D eigenvalue weighted by molar-refractivity contribution is 5.82. The van der Waals surface area contributed by atoms with Gasteiger partial charge in [0.15, 0.2) is 0 Å². The van der Waals surface area contributed by atoms with Crippen LogP contribution in [0.4, 0.5) is 5.95 Å². The first kappa shape index (κ1) is 14.2. The standard InChI is InChI=1S/C14H21N5O2/c1-21-11-9-12(17-10-11)13(20)18-5-7-19(8-6-18)14-15-3-2-4-16-14/h2-4,11-12,17H,5-10H2,1H3/t11-,12-/m0/s1. The first-order valence-corrected chi connectivity index (χ1v) is 7.35. The molecule has 0 aromatic carbocycles. The van der Waals surface area contributed by atoms with Gasteiger partial charge in [-0.15, -0.1) is 0 Å². The molecule has 0 unspecified atom stereocenters. The third-order valence-corrected chi connectivity index (χ3v) is 4.15. The average molecular weight is 291 g/mol. The second-order valence-electron chi connectivity index (χ2n) is 5.42. The Morgan fingerprint density at radius 3 is 2.62 bits per heavy atom. The summed E-state index contributed by atoms with van der Waals surface area (Å²) in [5.74, 6) is 0.922. The summed E-state index contributed by atoms with van der Waals surface area (Å²) < 4.78 is 5.30. The lowest BCUT2D eigenvalue weighted by atomic mass is 10.1. The van der Waals surface area contributed by atoms with Gasteiger partial charge in [-0.25, -0.2) is 9.97 Å². The molecule has 2 saturated heterocycles. The van der Waals surface area contributed by atoms with Gasteiger partial charge in [0.2, 0.25) is 11.9 Å². The zero-order valence-electron chi connectivity index (χ0n) is 12.2. The first-order chi connectivity index (χ1) is 10.3. The van der Waals surface area contributed by atoms with Crippen LogP contribution >= 0.6 is 0 Å². The van der Waals surface area contributed by atoms with Crippen molar-refractivity contribution in [1.29, 1.82) is 0 Å². The van der Waals surface area contributed by atoms with Crippen molar-refractivity contribution in [2.24, 2.45) is 0 Å². The number of carbonyl (C=O) groups excluding carboxylic acids is 1. The van der Waals surface area contributed by atoms with Crippen LogP contribution in [0.1, 0.15) is 6.42 Å². The van der Waals surface area contributed by atoms with Gasteiger partial charge in [0.1, 0.15) is 0 Å². The molecule has 7 nitrogen and oxygen atoms in total. The van der Waals surface area contributed by atoms with E-state index in [9.17, 15) is 4.79 Å². The Bertz CT molecular complexity index is 476. The molecule has 2 aliphatic rings. The fourth-order valence-corrected chi connectivity index (χ4v) is 2.87. The first-order valence-electron chi connectivity index (χ1n) is 7.35. The third kappa shape index (κ3) is 3.14. The van der Waals surface area contributed by atoms with Crippen molar-refractivity contribution in [3.63, 3.8) is 0 Å². The van der Waals surface area contributed by atoms with Crippen molar-refractivity contribution in [3.05, 3.63) is 18.5 Å². The topological polar surface area (TPSA) is 70.6 Å². The molecule has 114 valence electrons. The summed E-state index contributed by atoms with van der Waals surface area (Å²) in [5.41, 5.74) is 0. The maximum Gasteiger partial charge on any atom is 0.239 e. The number of nitrogens with zero attached hydrogens (tertiary/aromatic N) is 4. The van der Waals surface area contributed by atoms with Crippen LogP contribution in [0.5, 0.6) is 0 Å². The summed E-state index contributed by atoms with van der Waals surface area (Å²) in [4.78, 5) is 25.0. The lowest BCUT2D eigenvalue weighted by molar-refractivity contribution is -0.133. The minimum atomic E-state index is -0.102. The van der Waals surface area contributed by atoms with Crippen LogP contribution < -0.4 is 10.2 Å². The fourth-order valence-electron chi connectivity index (χ4n) is 2.87. The van der Waals surface area contributed by atoms with Gasteiger partial charge in [-0.1, -0.05) is 0 Å². The summed E-state index contributed by atoms with van der Waals surface area (Å²) in [6.45, 7) is 3.73. The Morgan fingerprint density at radius 2 is 2.00 bits per heavy atom. The molecule has 0 saturated carbocycles. The summed E-state index contributed by atoms with van der Waals surface area (Å²) in [5, 5.41) is 3.24. The van der Waals surface area contributed by atoms with Gasteiger partial charge >= 0.3 is 0 Å². The number of amides is 1. The lowest BCUT2D eigenvalue weighted by Crippen LogP contribution is -2.53. The molecular formula is C14H21N5O2. The summed E-state index contributed by atoms with van der Waals surface area (Å²) >= 11 is 0. The van der Waals surface area contributed by atoms with Crippen molar-refractivity contribution in [2.45, 2.75) is 18.6 Å². The van der Waals surface area contributed by atoms with E-state index in [-0.39, 0.29) is 18.1 Å². The van der Waals surface area contributed by atoms with Crippen LogP contribution in [0, 0.1) is 0 Å². The molecule has 0 bridgehead atoms. The molecule has 0 radical (unpaired) electrons. The zero-order chi connectivity index (χ0) is 14.7. The molecule has 2 aliphatic heterocycles. The molecule has 21 heavy (non-hydrogen) atoms. The molecule has 1 N–H and O–H groups in total. The maximum absolute atomic E-state index is 12.5. The Hall–Kier alpha value is -1.73. The van der Waals surface area contributed by atoms with Gasteiger partial charge in [0.05, 0.1) is 12.1 Å². The predicted octanol–water partition coefficient (Wildman–Crippen LogP) is -0.498. The molecule has 2 fully saturated rings. The molecule has 7 heteroatoms. The maximum atomic E-state index is 12.5. The Balaban J connectivity index is 1.53. The molecule has 0 aliphatic carbocycles. The number of nitrogens with one attached hydrogen (secondary N) is 1. The minimum Gasteiger partial charge on any atom is -0.380 e. The van der Waals surface area contributed by atoms with E-state index in [1.165, 1.54) is 0 Å². The monoisotopic (exact) mass is 291 g/mol. The number of aromatic nitrogens is 2. The number of carbonyl (C=O) groups is 1. The van der Waals surface area contributed by atoms with Crippen LogP contribution in [0.15, 0.2) is 18.5 Å². The summed E-state index contributed by atoms with van der Waals surface area (Å²) in [7, 11) is 1.69. The summed E-state index contributed by atoms with van der Waals surface area (Å²) in [6.07, 6.45) is 4.40. The van der Waals surface area contributed by atoms with E-state index < -0.39 is 0 Å². The van der Waals surface area contributed by atoms with Crippen LogP contribution in [0.25, 0.3) is 0 Å². The van der Waals surface area contributed by atoms with E-state index in [2.05, 4.69) is 20.2 Å². The molecule has 1 aromatic rings. The van der Waals surface area contributed by atoms with Crippen molar-refractivity contribution in [2.75, 3.05) is 44.7 Å². The quantitative estimate of drug-likeness (QED) is 0.810. The molecule has 1 amide bonds. The lowest BCUT2D eigenvalue weighted by Gasteiger charge is -2.35. The van der Waals surface area contributed by atoms with Gasteiger partial charge in [-0.05, 0) is 12.5 Å². The van der Waals surface area contributed by atoms with Crippen LogP contribution in [0.2, 0.25) is 0 Å². The smallest absolute Gasteiger partial charge is 0.239 e. The number of methoxy groups -OCH3 is 1. The van der Waals surface area contributed by atoms with Gasteiger partial charge in [0.25, 0.3) is 0 Å². The average Bonchev–Trinajstić information content (AvgIpc) is 3.04. The van der Waals surface area contributed by atoms with E-state index in [0.717, 1.165) is 32.0 Å². The predicted molar refractivity (Wildman–Crippen MR) is 78.0 cm³/mol. The van der Waals surface area contributed by atoms with E-state index in [4.69, 9.17) is 4.74 Å². The van der Waals surface area contributed by atoms with Crippen molar-refractivity contribution in [1.82, 2.24) is 20.2 Å². The van der Waals surface area contributed by atoms with E-state index >= 15 is 0 Å². The molecule has 3 rings (SSSR count). The Morgan fingerprint density at radius 1 is 1.29 bits per heavy atom. The number of anilines is 1. The Labute approximate surface area is 124 Å². The largest absolute Gasteiger partial charge is 0.380 e. The number of hydrogen-bond acceptors (Lipinski definition) is 6. The molecule has 2 atom stereocenters. The van der Waals surface area contributed by atoms with Crippen molar-refractivity contribution >= 4 is 11.9 Å². The van der Waals surface area contributed by atoms with E-state index in [1.807, 2.05) is 4.90 Å². The van der Waals surface area contributed by atoms with Crippen LogP contribution in [-0.2, 0) is 9.53 Å². The third-order valence-electron chi connectivity index (χ3n) is 4.15. The van der Waals surface area contributed by atoms with Gasteiger partial charge in [0, 0.05) is 52.2 Å². The minimum absolute atomic E-state index is 0.102. The van der Waals surface area contributed by atoms with Crippen LogP contribution in [0.3, 0.4) is 0 Å². The van der Waals surface area contributed by atoms with Crippen LogP contribution in [-0.4, -0.2) is 72.8 Å². The molecular weight excluding hydrogens is 270 g/mol. The number of rotatable bonds is 3. The van der Waals surface area contributed by atoms with Gasteiger partial charge in [-0.3, -0.25) is 4.79 Å². The molecule has 1 aromatic heterocycles. The van der Waals surface area contributed by atoms with Gasteiger partial charge < -0.3 is 19.9 Å². The second-order valence-corrected chi connectivity index (χ2v) is 5.42. The van der Waals surface area contributed by atoms with Crippen molar-refractivity contribution < 1.29 is 9.53 Å². The number of hydrogen-bond donors (Lipinski definition) is 1.